The first-order valence-corrected chi connectivity index (χ1v) is 6.88. The summed E-state index contributed by atoms with van der Waals surface area (Å²) in [5.41, 5.74) is 2.26. The van der Waals surface area contributed by atoms with Crippen LogP contribution in [-0.2, 0) is 6.42 Å². The van der Waals surface area contributed by atoms with Crippen LogP contribution in [-0.4, -0.2) is 5.11 Å². The van der Waals surface area contributed by atoms with E-state index in [-0.39, 0.29) is 0 Å². The third kappa shape index (κ3) is 3.76. The molecule has 0 saturated heterocycles. The monoisotopic (exact) mass is 232 g/mol. The van der Waals surface area contributed by atoms with E-state index in [1.54, 1.807) is 37.8 Å². The van der Waals surface area contributed by atoms with Gasteiger partial charge in [-0.05, 0) is 61.1 Å². The van der Waals surface area contributed by atoms with Crippen molar-refractivity contribution < 1.29 is 5.11 Å². The molecule has 94 valence electrons. The Labute approximate surface area is 105 Å². The molecule has 0 aromatic heterocycles. The summed E-state index contributed by atoms with van der Waals surface area (Å²) in [5.74, 6) is 1.03. The van der Waals surface area contributed by atoms with Crippen molar-refractivity contribution in [3.63, 3.8) is 0 Å². The Balaban J connectivity index is 0.000000148. The lowest BCUT2D eigenvalue weighted by Gasteiger charge is -2.23. The van der Waals surface area contributed by atoms with Gasteiger partial charge in [0.2, 0.25) is 0 Å². The van der Waals surface area contributed by atoms with Crippen LogP contribution in [0.5, 0.6) is 5.75 Å². The van der Waals surface area contributed by atoms with E-state index in [9.17, 15) is 0 Å². The number of aromatic hydroxyl groups is 1. The van der Waals surface area contributed by atoms with E-state index in [1.165, 1.54) is 12.0 Å². The van der Waals surface area contributed by atoms with Gasteiger partial charge in [0.1, 0.15) is 5.75 Å². The molecule has 0 atom stereocenters. The van der Waals surface area contributed by atoms with E-state index >= 15 is 0 Å². The van der Waals surface area contributed by atoms with E-state index in [0.29, 0.717) is 11.7 Å². The van der Waals surface area contributed by atoms with Crippen LogP contribution < -0.4 is 0 Å². The van der Waals surface area contributed by atoms with E-state index in [1.807, 2.05) is 12.1 Å². The van der Waals surface area contributed by atoms with Crippen molar-refractivity contribution in [3.8, 4) is 5.75 Å². The number of phenolic OH excluding ortho intramolecular Hbond substituents is 1. The SMILES string of the molecule is C1CC2(C1)CC2.CC(C)Cc1ccc(O)cc1. The first-order valence-electron chi connectivity index (χ1n) is 6.88. The van der Waals surface area contributed by atoms with Crippen LogP contribution in [0.4, 0.5) is 0 Å². The molecule has 2 fully saturated rings. The summed E-state index contributed by atoms with van der Waals surface area (Å²) >= 11 is 0. The first kappa shape index (κ1) is 12.5. The van der Waals surface area contributed by atoms with Crippen molar-refractivity contribution in [3.05, 3.63) is 29.8 Å². The molecule has 1 heteroatoms. The van der Waals surface area contributed by atoms with Crippen LogP contribution in [0, 0.1) is 11.3 Å². The minimum atomic E-state index is 0.345. The Kier molecular flexibility index (Phi) is 3.76. The van der Waals surface area contributed by atoms with Crippen molar-refractivity contribution in [2.24, 2.45) is 11.3 Å². The second-order valence-corrected chi connectivity index (χ2v) is 6.12. The molecule has 0 bridgehead atoms. The van der Waals surface area contributed by atoms with Gasteiger partial charge in [-0.15, -0.1) is 0 Å². The Hall–Kier alpha value is -0.980. The molecule has 2 saturated carbocycles. The highest BCUT2D eigenvalue weighted by Crippen LogP contribution is 2.60. The minimum absolute atomic E-state index is 0.345. The van der Waals surface area contributed by atoms with Gasteiger partial charge in [0, 0.05) is 0 Å². The predicted molar refractivity (Wildman–Crippen MR) is 72.2 cm³/mol. The number of phenols is 1. The summed E-state index contributed by atoms with van der Waals surface area (Å²) in [6, 6.07) is 7.40. The highest BCUT2D eigenvalue weighted by Gasteiger charge is 2.46. The van der Waals surface area contributed by atoms with Crippen molar-refractivity contribution in [1.82, 2.24) is 0 Å². The van der Waals surface area contributed by atoms with Gasteiger partial charge in [0.25, 0.3) is 0 Å². The van der Waals surface area contributed by atoms with Crippen molar-refractivity contribution >= 4 is 0 Å². The predicted octanol–water partition coefficient (Wildman–Crippen LogP) is 4.54. The molecule has 1 aromatic rings. The maximum absolute atomic E-state index is 8.99. The Morgan fingerprint density at radius 3 is 1.94 bits per heavy atom. The molecule has 0 heterocycles. The zero-order valence-electron chi connectivity index (χ0n) is 11.1. The lowest BCUT2D eigenvalue weighted by atomic mass is 9.82. The van der Waals surface area contributed by atoms with E-state index in [0.717, 1.165) is 11.8 Å². The van der Waals surface area contributed by atoms with E-state index in [4.69, 9.17) is 5.11 Å². The first-order chi connectivity index (χ1) is 8.10. The molecule has 1 nitrogen and oxygen atoms in total. The van der Waals surface area contributed by atoms with Gasteiger partial charge in [-0.1, -0.05) is 32.4 Å². The van der Waals surface area contributed by atoms with Crippen LogP contribution in [0.2, 0.25) is 0 Å². The fraction of sp³-hybridized carbons (Fsp3) is 0.625. The molecule has 2 aliphatic carbocycles. The van der Waals surface area contributed by atoms with Crippen LogP contribution >= 0.6 is 0 Å². The summed E-state index contributed by atoms with van der Waals surface area (Å²) in [5, 5.41) is 8.99. The number of benzene rings is 1. The average molecular weight is 232 g/mol. The van der Waals surface area contributed by atoms with Crippen molar-refractivity contribution in [2.75, 3.05) is 0 Å². The highest BCUT2D eigenvalue weighted by molar-refractivity contribution is 5.25. The minimum Gasteiger partial charge on any atom is -0.508 e. The van der Waals surface area contributed by atoms with Gasteiger partial charge in [-0.25, -0.2) is 0 Å². The fourth-order valence-corrected chi connectivity index (χ4v) is 2.46. The molecular formula is C16H24O. The van der Waals surface area contributed by atoms with Gasteiger partial charge < -0.3 is 5.11 Å². The molecule has 0 amide bonds. The zero-order chi connectivity index (χ0) is 12.3. The summed E-state index contributed by atoms with van der Waals surface area (Å²) < 4.78 is 0. The van der Waals surface area contributed by atoms with Gasteiger partial charge in [0.15, 0.2) is 0 Å². The standard InChI is InChI=1S/C10H14O.C6H10/c1-8(2)7-9-3-5-10(11)6-4-9;1-2-6(3-1)4-5-6/h3-6,8,11H,7H2,1-2H3;1-5H2. The zero-order valence-corrected chi connectivity index (χ0v) is 11.1. The van der Waals surface area contributed by atoms with Gasteiger partial charge in [0.05, 0.1) is 0 Å². The van der Waals surface area contributed by atoms with Crippen LogP contribution in [0.25, 0.3) is 0 Å². The second kappa shape index (κ2) is 5.12. The lowest BCUT2D eigenvalue weighted by molar-refractivity contribution is 0.289. The third-order valence-corrected chi connectivity index (χ3v) is 3.95. The Bertz CT molecular complexity index is 340. The van der Waals surface area contributed by atoms with Crippen molar-refractivity contribution in [2.45, 2.75) is 52.4 Å². The molecule has 0 aliphatic heterocycles. The maximum Gasteiger partial charge on any atom is 0.115 e. The van der Waals surface area contributed by atoms with Crippen molar-refractivity contribution in [1.29, 1.82) is 0 Å². The topological polar surface area (TPSA) is 20.2 Å². The van der Waals surface area contributed by atoms with E-state index < -0.39 is 0 Å². The quantitative estimate of drug-likeness (QED) is 0.793. The summed E-state index contributed by atoms with van der Waals surface area (Å²) in [4.78, 5) is 0. The molecule has 3 rings (SSSR count). The largest absolute Gasteiger partial charge is 0.508 e. The molecule has 2 aliphatic rings. The molecule has 1 aromatic carbocycles. The Morgan fingerprint density at radius 1 is 1.06 bits per heavy atom. The van der Waals surface area contributed by atoms with Gasteiger partial charge in [-0.3, -0.25) is 0 Å². The number of hydrogen-bond acceptors (Lipinski definition) is 1. The van der Waals surface area contributed by atoms with Gasteiger partial charge in [-0.2, -0.15) is 0 Å². The summed E-state index contributed by atoms with van der Waals surface area (Å²) in [6.45, 7) is 4.37. The second-order valence-electron chi connectivity index (χ2n) is 6.12. The lowest BCUT2D eigenvalue weighted by Crippen LogP contribution is -2.10. The smallest absolute Gasteiger partial charge is 0.115 e. The van der Waals surface area contributed by atoms with Crippen LogP contribution in [0.3, 0.4) is 0 Å². The summed E-state index contributed by atoms with van der Waals surface area (Å²) in [7, 11) is 0. The number of hydrogen-bond donors (Lipinski definition) is 1. The molecule has 1 N–H and O–H groups in total. The number of rotatable bonds is 2. The average Bonchev–Trinajstić information content (AvgIpc) is 3.01. The molecule has 17 heavy (non-hydrogen) atoms. The molecule has 0 unspecified atom stereocenters. The molecular weight excluding hydrogens is 208 g/mol. The molecule has 1 spiro atoms. The van der Waals surface area contributed by atoms with Crippen LogP contribution in [0.1, 0.15) is 51.5 Å². The Morgan fingerprint density at radius 2 is 1.65 bits per heavy atom. The fourth-order valence-electron chi connectivity index (χ4n) is 2.46. The van der Waals surface area contributed by atoms with E-state index in [2.05, 4.69) is 13.8 Å². The third-order valence-electron chi connectivity index (χ3n) is 3.95. The summed E-state index contributed by atoms with van der Waals surface area (Å²) in [6.07, 6.45) is 8.86. The highest BCUT2D eigenvalue weighted by atomic mass is 16.3. The molecule has 0 radical (unpaired) electrons. The normalized spacial score (nSPS) is 19.5. The maximum atomic E-state index is 8.99. The van der Waals surface area contributed by atoms with Crippen LogP contribution in [0.15, 0.2) is 24.3 Å². The van der Waals surface area contributed by atoms with Gasteiger partial charge >= 0.3 is 0 Å².